The van der Waals surface area contributed by atoms with Crippen molar-refractivity contribution in [2.45, 2.75) is 38.6 Å². The maximum absolute atomic E-state index is 12.4. The number of hydrogen-bond acceptors (Lipinski definition) is 4. The third-order valence-electron chi connectivity index (χ3n) is 4.56. The second-order valence-electron chi connectivity index (χ2n) is 5.88. The number of likely N-dealkylation sites (N-methyl/N-ethyl adjacent to an activating group) is 1. The van der Waals surface area contributed by atoms with Gasteiger partial charge in [-0.25, -0.2) is 4.72 Å². The van der Waals surface area contributed by atoms with Crippen LogP contribution in [0, 0.1) is 5.92 Å². The van der Waals surface area contributed by atoms with Gasteiger partial charge in [0.25, 0.3) is 10.2 Å². The summed E-state index contributed by atoms with van der Waals surface area (Å²) in [6.45, 7) is 6.48. The van der Waals surface area contributed by atoms with Gasteiger partial charge in [0, 0.05) is 25.7 Å². The number of nitrogens with zero attached hydrogens (tertiary/aromatic N) is 2. The Morgan fingerprint density at radius 3 is 2.70 bits per heavy atom. The number of rotatable bonds is 6. The van der Waals surface area contributed by atoms with Crippen molar-refractivity contribution in [2.75, 3.05) is 39.3 Å². The Bertz CT molecular complexity index is 401. The number of hydrogen-bond donors (Lipinski definition) is 2. The first-order valence-electron chi connectivity index (χ1n) is 7.75. The van der Waals surface area contributed by atoms with E-state index in [2.05, 4.69) is 16.5 Å². The summed E-state index contributed by atoms with van der Waals surface area (Å²) in [6.07, 6.45) is 4.20. The lowest BCUT2D eigenvalue weighted by molar-refractivity contribution is 0.255. The molecule has 2 heterocycles. The smallest absolute Gasteiger partial charge is 0.279 e. The number of piperidine rings is 1. The van der Waals surface area contributed by atoms with Gasteiger partial charge in [-0.3, -0.25) is 4.90 Å². The van der Waals surface area contributed by atoms with Gasteiger partial charge in [0.15, 0.2) is 0 Å². The first-order chi connectivity index (χ1) is 9.56. The molecule has 2 aliphatic heterocycles. The molecule has 2 aliphatic rings. The second-order valence-corrected chi connectivity index (χ2v) is 7.64. The van der Waals surface area contributed by atoms with Crippen LogP contribution in [0.15, 0.2) is 0 Å². The molecule has 2 unspecified atom stereocenters. The molecule has 0 saturated carbocycles. The van der Waals surface area contributed by atoms with Gasteiger partial charge in [-0.2, -0.15) is 12.7 Å². The van der Waals surface area contributed by atoms with Gasteiger partial charge >= 0.3 is 0 Å². The van der Waals surface area contributed by atoms with Crippen LogP contribution in [0.5, 0.6) is 0 Å². The van der Waals surface area contributed by atoms with E-state index < -0.39 is 10.2 Å². The van der Waals surface area contributed by atoms with E-state index in [4.69, 9.17) is 5.73 Å². The Morgan fingerprint density at radius 2 is 2.00 bits per heavy atom. The fourth-order valence-corrected chi connectivity index (χ4v) is 4.64. The van der Waals surface area contributed by atoms with Crippen LogP contribution in [0.1, 0.15) is 32.6 Å². The van der Waals surface area contributed by atoms with Crippen molar-refractivity contribution in [1.29, 1.82) is 0 Å². The predicted octanol–water partition coefficient (Wildman–Crippen LogP) is -0.0242. The lowest BCUT2D eigenvalue weighted by Crippen LogP contribution is -2.49. The van der Waals surface area contributed by atoms with Crippen molar-refractivity contribution in [3.8, 4) is 0 Å². The van der Waals surface area contributed by atoms with Crippen LogP contribution in [0.3, 0.4) is 0 Å². The minimum atomic E-state index is -3.34. The summed E-state index contributed by atoms with van der Waals surface area (Å²) in [4.78, 5) is 2.35. The number of nitrogens with two attached hydrogens (primary N) is 1. The Balaban J connectivity index is 1.87. The molecule has 0 bridgehead atoms. The molecule has 3 N–H and O–H groups in total. The summed E-state index contributed by atoms with van der Waals surface area (Å²) in [6, 6.07) is 0.352. The average molecular weight is 304 g/mol. The van der Waals surface area contributed by atoms with E-state index in [1.54, 1.807) is 4.31 Å². The molecule has 118 valence electrons. The van der Waals surface area contributed by atoms with Gasteiger partial charge in [0.2, 0.25) is 0 Å². The normalized spacial score (nSPS) is 29.9. The van der Waals surface area contributed by atoms with Crippen LogP contribution in [-0.2, 0) is 10.2 Å². The van der Waals surface area contributed by atoms with Gasteiger partial charge in [-0.1, -0.05) is 6.92 Å². The van der Waals surface area contributed by atoms with E-state index in [0.29, 0.717) is 38.1 Å². The Hall–Kier alpha value is -0.210. The molecule has 0 aromatic heterocycles. The van der Waals surface area contributed by atoms with Crippen LogP contribution in [0.2, 0.25) is 0 Å². The summed E-state index contributed by atoms with van der Waals surface area (Å²) in [5, 5.41) is 0. The van der Waals surface area contributed by atoms with Crippen molar-refractivity contribution >= 4 is 10.2 Å². The van der Waals surface area contributed by atoms with Crippen molar-refractivity contribution in [3.05, 3.63) is 0 Å². The highest BCUT2D eigenvalue weighted by molar-refractivity contribution is 7.87. The highest BCUT2D eigenvalue weighted by Crippen LogP contribution is 2.19. The van der Waals surface area contributed by atoms with E-state index in [1.807, 2.05) is 0 Å². The molecule has 6 nitrogen and oxygen atoms in total. The summed E-state index contributed by atoms with van der Waals surface area (Å²) in [5.41, 5.74) is 5.67. The van der Waals surface area contributed by atoms with Crippen molar-refractivity contribution in [3.63, 3.8) is 0 Å². The zero-order valence-corrected chi connectivity index (χ0v) is 13.2. The van der Waals surface area contributed by atoms with E-state index in [9.17, 15) is 8.42 Å². The van der Waals surface area contributed by atoms with E-state index >= 15 is 0 Å². The zero-order valence-electron chi connectivity index (χ0n) is 12.4. The molecular weight excluding hydrogens is 276 g/mol. The topological polar surface area (TPSA) is 78.7 Å². The molecule has 0 aliphatic carbocycles. The Kier molecular flexibility index (Phi) is 5.80. The van der Waals surface area contributed by atoms with Gasteiger partial charge in [-0.15, -0.1) is 0 Å². The lowest BCUT2D eigenvalue weighted by Gasteiger charge is -2.32. The van der Waals surface area contributed by atoms with Crippen molar-refractivity contribution in [2.24, 2.45) is 11.7 Å². The third kappa shape index (κ3) is 3.92. The highest BCUT2D eigenvalue weighted by Gasteiger charge is 2.30. The van der Waals surface area contributed by atoms with Gasteiger partial charge in [-0.05, 0) is 51.2 Å². The lowest BCUT2D eigenvalue weighted by atomic mass is 10.0. The monoisotopic (exact) mass is 304 g/mol. The van der Waals surface area contributed by atoms with Crippen LogP contribution >= 0.6 is 0 Å². The average Bonchev–Trinajstić information content (AvgIpc) is 2.93. The summed E-state index contributed by atoms with van der Waals surface area (Å²) in [7, 11) is -3.34. The van der Waals surface area contributed by atoms with E-state index in [0.717, 1.165) is 32.4 Å². The first-order valence-corrected chi connectivity index (χ1v) is 9.19. The molecular formula is C13H28N4O2S. The molecule has 20 heavy (non-hydrogen) atoms. The maximum atomic E-state index is 12.4. The molecule has 0 aromatic carbocycles. The molecule has 0 spiro atoms. The standard InChI is InChI=1S/C13H28N4O2S/c1-2-16-7-4-6-13(16)10-15-20(18,19)17-8-3-5-12(9-14)11-17/h12-13,15H,2-11,14H2,1H3. The summed E-state index contributed by atoms with van der Waals surface area (Å²) in [5.74, 6) is 0.305. The fraction of sp³-hybridized carbons (Fsp3) is 1.00. The molecule has 7 heteroatoms. The largest absolute Gasteiger partial charge is 0.330 e. The quantitative estimate of drug-likeness (QED) is 0.723. The fourth-order valence-electron chi connectivity index (χ4n) is 3.27. The number of likely N-dealkylation sites (tertiary alicyclic amines) is 1. The van der Waals surface area contributed by atoms with Crippen LogP contribution in [-0.4, -0.2) is 62.9 Å². The zero-order chi connectivity index (χ0) is 14.6. The minimum absolute atomic E-state index is 0.305. The van der Waals surface area contributed by atoms with E-state index in [-0.39, 0.29) is 0 Å². The van der Waals surface area contributed by atoms with E-state index in [1.165, 1.54) is 6.42 Å². The molecule has 2 fully saturated rings. The third-order valence-corrected chi connectivity index (χ3v) is 6.10. The van der Waals surface area contributed by atoms with Crippen LogP contribution in [0.4, 0.5) is 0 Å². The molecule has 2 rings (SSSR count). The van der Waals surface area contributed by atoms with Crippen molar-refractivity contribution in [1.82, 2.24) is 13.9 Å². The second kappa shape index (κ2) is 7.17. The van der Waals surface area contributed by atoms with Crippen LogP contribution < -0.4 is 10.5 Å². The van der Waals surface area contributed by atoms with Gasteiger partial charge < -0.3 is 5.73 Å². The maximum Gasteiger partial charge on any atom is 0.279 e. The van der Waals surface area contributed by atoms with Gasteiger partial charge in [0.05, 0.1) is 0 Å². The predicted molar refractivity (Wildman–Crippen MR) is 80.5 cm³/mol. The first kappa shape index (κ1) is 16.2. The summed E-state index contributed by atoms with van der Waals surface area (Å²) >= 11 is 0. The van der Waals surface area contributed by atoms with Crippen LogP contribution in [0.25, 0.3) is 0 Å². The highest BCUT2D eigenvalue weighted by atomic mass is 32.2. The summed E-state index contributed by atoms with van der Waals surface area (Å²) < 4.78 is 29.1. The molecule has 0 amide bonds. The SMILES string of the molecule is CCN1CCCC1CNS(=O)(=O)N1CCCC(CN)C1. The molecule has 2 saturated heterocycles. The minimum Gasteiger partial charge on any atom is -0.330 e. The Morgan fingerprint density at radius 1 is 1.25 bits per heavy atom. The Labute approximate surface area is 122 Å². The molecule has 2 atom stereocenters. The molecule has 0 aromatic rings. The van der Waals surface area contributed by atoms with Gasteiger partial charge in [0.1, 0.15) is 0 Å². The van der Waals surface area contributed by atoms with Crippen molar-refractivity contribution < 1.29 is 8.42 Å². The molecule has 0 radical (unpaired) electrons. The number of nitrogens with one attached hydrogen (secondary N) is 1.